The van der Waals surface area contributed by atoms with Crippen LogP contribution >= 0.6 is 0 Å². The Morgan fingerprint density at radius 1 is 1.64 bits per heavy atom. The van der Waals surface area contributed by atoms with Crippen molar-refractivity contribution < 1.29 is 5.11 Å². The lowest BCUT2D eigenvalue weighted by atomic mass is 9.72. The lowest BCUT2D eigenvalue weighted by molar-refractivity contribution is -0.0467. The fraction of sp³-hybridized carbons (Fsp3) is 0.727. The van der Waals surface area contributed by atoms with Crippen molar-refractivity contribution in [3.63, 3.8) is 0 Å². The van der Waals surface area contributed by atoms with Crippen LogP contribution in [0.5, 0.6) is 0 Å². The zero-order valence-electron chi connectivity index (χ0n) is 8.90. The molecule has 78 valence electrons. The average Bonchev–Trinajstić information content (AvgIpc) is 2.46. The van der Waals surface area contributed by atoms with Crippen LogP contribution in [0.3, 0.4) is 0 Å². The fourth-order valence-electron chi connectivity index (χ4n) is 2.19. The van der Waals surface area contributed by atoms with Crippen LogP contribution in [0.1, 0.15) is 38.8 Å². The third-order valence-electron chi connectivity index (χ3n) is 3.43. The topological polar surface area (TPSA) is 38.0 Å². The predicted molar refractivity (Wildman–Crippen MR) is 54.8 cm³/mol. The third-order valence-corrected chi connectivity index (χ3v) is 3.43. The van der Waals surface area contributed by atoms with E-state index < -0.39 is 5.60 Å². The SMILES string of the molecule is CCn1nccc1C(C)(O)C1CCC1. The second-order valence-electron chi connectivity index (χ2n) is 4.31. The van der Waals surface area contributed by atoms with Gasteiger partial charge < -0.3 is 5.11 Å². The van der Waals surface area contributed by atoms with Crippen LogP contribution < -0.4 is 0 Å². The van der Waals surface area contributed by atoms with Gasteiger partial charge in [0.05, 0.1) is 5.69 Å². The van der Waals surface area contributed by atoms with Gasteiger partial charge in [-0.1, -0.05) is 6.42 Å². The Labute approximate surface area is 84.7 Å². The summed E-state index contributed by atoms with van der Waals surface area (Å²) in [6.07, 6.45) is 5.30. The molecule has 1 atom stereocenters. The van der Waals surface area contributed by atoms with Gasteiger partial charge in [-0.05, 0) is 38.7 Å². The van der Waals surface area contributed by atoms with Gasteiger partial charge in [-0.3, -0.25) is 4.68 Å². The van der Waals surface area contributed by atoms with Gasteiger partial charge in [0.15, 0.2) is 0 Å². The summed E-state index contributed by atoms with van der Waals surface area (Å²) in [7, 11) is 0. The van der Waals surface area contributed by atoms with E-state index >= 15 is 0 Å². The average molecular weight is 194 g/mol. The lowest BCUT2D eigenvalue weighted by Gasteiger charge is -2.39. The summed E-state index contributed by atoms with van der Waals surface area (Å²) in [6, 6.07) is 1.93. The summed E-state index contributed by atoms with van der Waals surface area (Å²) in [5.41, 5.74) is 0.273. The second-order valence-corrected chi connectivity index (χ2v) is 4.31. The first-order chi connectivity index (χ1) is 6.66. The van der Waals surface area contributed by atoms with Crippen molar-refractivity contribution in [3.05, 3.63) is 18.0 Å². The summed E-state index contributed by atoms with van der Waals surface area (Å²) in [6.45, 7) is 4.79. The molecule has 3 nitrogen and oxygen atoms in total. The smallest absolute Gasteiger partial charge is 0.106 e. The monoisotopic (exact) mass is 194 g/mol. The van der Waals surface area contributed by atoms with Gasteiger partial charge in [-0.15, -0.1) is 0 Å². The maximum absolute atomic E-state index is 10.4. The molecule has 0 saturated heterocycles. The largest absolute Gasteiger partial charge is 0.384 e. The van der Waals surface area contributed by atoms with Crippen LogP contribution in [0.25, 0.3) is 0 Å². The molecule has 0 amide bonds. The van der Waals surface area contributed by atoms with Gasteiger partial charge in [0.25, 0.3) is 0 Å². The molecule has 3 heteroatoms. The van der Waals surface area contributed by atoms with Crippen molar-refractivity contribution in [2.24, 2.45) is 5.92 Å². The van der Waals surface area contributed by atoms with Gasteiger partial charge >= 0.3 is 0 Å². The summed E-state index contributed by atoms with van der Waals surface area (Å²) in [5.74, 6) is 0.421. The highest BCUT2D eigenvalue weighted by molar-refractivity contribution is 5.13. The minimum absolute atomic E-state index is 0.421. The van der Waals surface area contributed by atoms with E-state index in [0.29, 0.717) is 5.92 Å². The number of hydrogen-bond donors (Lipinski definition) is 1. The van der Waals surface area contributed by atoms with Crippen molar-refractivity contribution >= 4 is 0 Å². The number of hydrogen-bond acceptors (Lipinski definition) is 2. The van der Waals surface area contributed by atoms with E-state index in [-0.39, 0.29) is 0 Å². The molecule has 1 fully saturated rings. The van der Waals surface area contributed by atoms with Gasteiger partial charge in [0.1, 0.15) is 5.60 Å². The van der Waals surface area contributed by atoms with Crippen molar-refractivity contribution in [1.29, 1.82) is 0 Å². The molecule has 1 heterocycles. The number of aliphatic hydroxyl groups is 1. The Kier molecular flexibility index (Phi) is 2.35. The van der Waals surface area contributed by atoms with Gasteiger partial charge in [0, 0.05) is 12.7 Å². The lowest BCUT2D eigenvalue weighted by Crippen LogP contribution is -2.38. The Bertz CT molecular complexity index is 313. The van der Waals surface area contributed by atoms with E-state index in [9.17, 15) is 5.11 Å². The molecule has 1 N–H and O–H groups in total. The number of aromatic nitrogens is 2. The Morgan fingerprint density at radius 2 is 2.36 bits per heavy atom. The maximum Gasteiger partial charge on any atom is 0.106 e. The second kappa shape index (κ2) is 3.39. The molecular formula is C11H18N2O. The van der Waals surface area contributed by atoms with E-state index in [1.807, 2.05) is 24.6 Å². The first-order valence-corrected chi connectivity index (χ1v) is 5.41. The highest BCUT2D eigenvalue weighted by Crippen LogP contribution is 2.41. The van der Waals surface area contributed by atoms with E-state index in [0.717, 1.165) is 25.1 Å². The van der Waals surface area contributed by atoms with Crippen molar-refractivity contribution in [3.8, 4) is 0 Å². The highest BCUT2D eigenvalue weighted by atomic mass is 16.3. The fourth-order valence-corrected chi connectivity index (χ4v) is 2.19. The van der Waals surface area contributed by atoms with Crippen molar-refractivity contribution in [1.82, 2.24) is 9.78 Å². The van der Waals surface area contributed by atoms with Crippen molar-refractivity contribution in [2.45, 2.75) is 45.3 Å². The van der Waals surface area contributed by atoms with E-state index in [4.69, 9.17) is 0 Å². The molecule has 0 radical (unpaired) electrons. The van der Waals surface area contributed by atoms with Crippen LogP contribution in [-0.2, 0) is 12.1 Å². The first-order valence-electron chi connectivity index (χ1n) is 5.41. The van der Waals surface area contributed by atoms with Crippen LogP contribution in [0.4, 0.5) is 0 Å². The predicted octanol–water partition coefficient (Wildman–Crippen LogP) is 1.91. The molecule has 1 aliphatic rings. The molecule has 1 aliphatic carbocycles. The summed E-state index contributed by atoms with van der Waals surface area (Å²) >= 11 is 0. The van der Waals surface area contributed by atoms with Gasteiger partial charge in [0.2, 0.25) is 0 Å². The van der Waals surface area contributed by atoms with Crippen molar-refractivity contribution in [2.75, 3.05) is 0 Å². The first kappa shape index (κ1) is 9.71. The van der Waals surface area contributed by atoms with E-state index in [2.05, 4.69) is 5.10 Å². The minimum atomic E-state index is -0.690. The van der Waals surface area contributed by atoms with Crippen LogP contribution in [0.2, 0.25) is 0 Å². The number of rotatable bonds is 3. The summed E-state index contributed by atoms with van der Waals surface area (Å²) in [5, 5.41) is 14.6. The molecule has 1 aromatic heterocycles. The van der Waals surface area contributed by atoms with Crippen LogP contribution in [0.15, 0.2) is 12.3 Å². The molecule has 14 heavy (non-hydrogen) atoms. The zero-order chi connectivity index (χ0) is 10.2. The van der Waals surface area contributed by atoms with Gasteiger partial charge in [-0.2, -0.15) is 5.10 Å². The quantitative estimate of drug-likeness (QED) is 0.798. The molecule has 1 unspecified atom stereocenters. The summed E-state index contributed by atoms with van der Waals surface area (Å²) < 4.78 is 1.89. The number of nitrogens with zero attached hydrogens (tertiary/aromatic N) is 2. The standard InChI is InChI=1S/C11H18N2O/c1-3-13-10(7-8-12-13)11(2,14)9-5-4-6-9/h7-9,14H,3-6H2,1-2H3. The Balaban J connectivity index is 2.27. The molecule has 1 saturated carbocycles. The van der Waals surface area contributed by atoms with Crippen LogP contribution in [0, 0.1) is 5.92 Å². The third kappa shape index (κ3) is 1.36. The Morgan fingerprint density at radius 3 is 2.86 bits per heavy atom. The molecule has 0 aromatic carbocycles. The Hall–Kier alpha value is -0.830. The summed E-state index contributed by atoms with van der Waals surface area (Å²) in [4.78, 5) is 0. The molecular weight excluding hydrogens is 176 g/mol. The van der Waals surface area contributed by atoms with E-state index in [1.165, 1.54) is 6.42 Å². The molecule has 0 aliphatic heterocycles. The molecule has 0 bridgehead atoms. The van der Waals surface area contributed by atoms with E-state index in [1.54, 1.807) is 6.20 Å². The normalized spacial score (nSPS) is 21.6. The minimum Gasteiger partial charge on any atom is -0.384 e. The van der Waals surface area contributed by atoms with Crippen LogP contribution in [-0.4, -0.2) is 14.9 Å². The molecule has 0 spiro atoms. The van der Waals surface area contributed by atoms with Gasteiger partial charge in [-0.25, -0.2) is 0 Å². The maximum atomic E-state index is 10.4. The molecule has 1 aromatic rings. The zero-order valence-corrected chi connectivity index (χ0v) is 8.90. The highest BCUT2D eigenvalue weighted by Gasteiger charge is 2.39. The number of aryl methyl sites for hydroxylation is 1. The molecule has 2 rings (SSSR count).